The predicted molar refractivity (Wildman–Crippen MR) is 76.5 cm³/mol. The minimum absolute atomic E-state index is 0.0553. The smallest absolute Gasteiger partial charge is 0.127 e. The summed E-state index contributed by atoms with van der Waals surface area (Å²) in [5.41, 5.74) is 0.972. The Balaban J connectivity index is 2.41. The van der Waals surface area contributed by atoms with Crippen molar-refractivity contribution in [2.24, 2.45) is 0 Å². The van der Waals surface area contributed by atoms with Gasteiger partial charge in [-0.1, -0.05) is 25.4 Å². The molecule has 0 aliphatic carbocycles. The molecule has 0 spiro atoms. The molecule has 0 fully saturated rings. The highest BCUT2D eigenvalue weighted by Gasteiger charge is 2.23. The van der Waals surface area contributed by atoms with Crippen LogP contribution in [0.3, 0.4) is 0 Å². The van der Waals surface area contributed by atoms with Gasteiger partial charge in [0.15, 0.2) is 0 Å². The van der Waals surface area contributed by atoms with Crippen molar-refractivity contribution in [2.45, 2.75) is 39.8 Å². The lowest BCUT2D eigenvalue weighted by atomic mass is 10.1. The van der Waals surface area contributed by atoms with Gasteiger partial charge in [-0.3, -0.25) is 4.68 Å². The maximum atomic E-state index is 6.30. The molecule has 1 unspecified atom stereocenters. The Bertz CT molecular complexity index is 533. The van der Waals surface area contributed by atoms with Crippen LogP contribution in [0, 0.1) is 6.92 Å². The standard InChI is InChI=1S/C14H20ClN3O/c1-4-8-18-14(11(15)9-17-18)13(16-5-2)12-7-6-10(3)19-12/h6-7,9,13,16H,4-5,8H2,1-3H3. The summed E-state index contributed by atoms with van der Waals surface area (Å²) in [5, 5.41) is 8.43. The van der Waals surface area contributed by atoms with Crippen LogP contribution < -0.4 is 5.32 Å². The number of hydrogen-bond acceptors (Lipinski definition) is 3. The number of rotatable bonds is 6. The van der Waals surface area contributed by atoms with Gasteiger partial charge in [0.25, 0.3) is 0 Å². The van der Waals surface area contributed by atoms with E-state index in [4.69, 9.17) is 16.0 Å². The quantitative estimate of drug-likeness (QED) is 0.880. The van der Waals surface area contributed by atoms with Gasteiger partial charge in [-0.15, -0.1) is 0 Å². The Kier molecular flexibility index (Phi) is 4.66. The van der Waals surface area contributed by atoms with Gasteiger partial charge in [0.05, 0.1) is 16.9 Å². The van der Waals surface area contributed by atoms with Crippen LogP contribution in [0.5, 0.6) is 0 Å². The van der Waals surface area contributed by atoms with Crippen molar-refractivity contribution in [3.05, 3.63) is 40.6 Å². The zero-order chi connectivity index (χ0) is 13.8. The first-order valence-electron chi connectivity index (χ1n) is 6.68. The van der Waals surface area contributed by atoms with Crippen molar-refractivity contribution >= 4 is 11.6 Å². The minimum Gasteiger partial charge on any atom is -0.464 e. The lowest BCUT2D eigenvalue weighted by Gasteiger charge is -2.18. The molecular weight excluding hydrogens is 262 g/mol. The molecule has 0 bridgehead atoms. The molecule has 4 nitrogen and oxygen atoms in total. The monoisotopic (exact) mass is 281 g/mol. The molecule has 0 aliphatic heterocycles. The number of hydrogen-bond donors (Lipinski definition) is 1. The largest absolute Gasteiger partial charge is 0.464 e. The molecule has 0 saturated heterocycles. The molecule has 0 aromatic carbocycles. The molecule has 1 atom stereocenters. The SMILES string of the molecule is CCCn1ncc(Cl)c1C(NCC)c1ccc(C)o1. The minimum atomic E-state index is -0.0553. The second-order valence-electron chi connectivity index (χ2n) is 4.54. The summed E-state index contributed by atoms with van der Waals surface area (Å²) in [4.78, 5) is 0. The first-order chi connectivity index (χ1) is 9.17. The van der Waals surface area contributed by atoms with Gasteiger partial charge in [-0.05, 0) is 32.0 Å². The van der Waals surface area contributed by atoms with E-state index in [1.807, 2.05) is 23.7 Å². The van der Waals surface area contributed by atoms with Gasteiger partial charge in [0.2, 0.25) is 0 Å². The van der Waals surface area contributed by atoms with Crippen LogP contribution in [-0.4, -0.2) is 16.3 Å². The zero-order valence-electron chi connectivity index (χ0n) is 11.6. The molecule has 2 rings (SSSR count). The second-order valence-corrected chi connectivity index (χ2v) is 4.95. The van der Waals surface area contributed by atoms with Crippen LogP contribution >= 0.6 is 11.6 Å². The van der Waals surface area contributed by atoms with Crippen molar-refractivity contribution in [3.63, 3.8) is 0 Å². The number of aromatic nitrogens is 2. The molecule has 19 heavy (non-hydrogen) atoms. The van der Waals surface area contributed by atoms with E-state index in [1.54, 1.807) is 6.20 Å². The van der Waals surface area contributed by atoms with Crippen LogP contribution in [0.2, 0.25) is 5.02 Å². The van der Waals surface area contributed by atoms with Crippen molar-refractivity contribution < 1.29 is 4.42 Å². The first kappa shape index (κ1) is 14.2. The normalized spacial score (nSPS) is 12.8. The summed E-state index contributed by atoms with van der Waals surface area (Å²) in [6.07, 6.45) is 2.72. The van der Waals surface area contributed by atoms with E-state index in [1.165, 1.54) is 0 Å². The van der Waals surface area contributed by atoms with E-state index in [0.717, 1.165) is 36.7 Å². The van der Waals surface area contributed by atoms with Crippen molar-refractivity contribution in [1.82, 2.24) is 15.1 Å². The van der Waals surface area contributed by atoms with E-state index < -0.39 is 0 Å². The third-order valence-corrected chi connectivity index (χ3v) is 3.29. The number of aryl methyl sites for hydroxylation is 2. The van der Waals surface area contributed by atoms with E-state index in [2.05, 4.69) is 24.3 Å². The molecule has 2 aromatic rings. The Labute approximate surface area is 118 Å². The van der Waals surface area contributed by atoms with Crippen molar-refractivity contribution in [1.29, 1.82) is 0 Å². The fourth-order valence-corrected chi connectivity index (χ4v) is 2.44. The van der Waals surface area contributed by atoms with Crippen LogP contribution in [0.1, 0.15) is 43.5 Å². The van der Waals surface area contributed by atoms with Gasteiger partial charge >= 0.3 is 0 Å². The van der Waals surface area contributed by atoms with Crippen LogP contribution in [-0.2, 0) is 6.54 Å². The Morgan fingerprint density at radius 1 is 1.42 bits per heavy atom. The molecule has 1 N–H and O–H groups in total. The van der Waals surface area contributed by atoms with Crippen LogP contribution in [0.15, 0.2) is 22.7 Å². The Morgan fingerprint density at radius 3 is 2.79 bits per heavy atom. The number of nitrogens with zero attached hydrogens (tertiary/aromatic N) is 2. The van der Waals surface area contributed by atoms with Gasteiger partial charge in [-0.25, -0.2) is 0 Å². The molecule has 2 aromatic heterocycles. The molecule has 104 valence electrons. The summed E-state index contributed by atoms with van der Waals surface area (Å²) in [5.74, 6) is 1.77. The summed E-state index contributed by atoms with van der Waals surface area (Å²) in [7, 11) is 0. The zero-order valence-corrected chi connectivity index (χ0v) is 12.4. The Morgan fingerprint density at radius 2 is 2.21 bits per heavy atom. The van der Waals surface area contributed by atoms with Crippen molar-refractivity contribution in [2.75, 3.05) is 6.54 Å². The number of furan rings is 1. The number of halogens is 1. The molecule has 0 amide bonds. The number of nitrogens with one attached hydrogen (secondary N) is 1. The summed E-state index contributed by atoms with van der Waals surface area (Å²) >= 11 is 6.30. The second kappa shape index (κ2) is 6.26. The van der Waals surface area contributed by atoms with E-state index in [9.17, 15) is 0 Å². The lowest BCUT2D eigenvalue weighted by Crippen LogP contribution is -2.25. The summed E-state index contributed by atoms with van der Waals surface area (Å²) in [6, 6.07) is 3.90. The molecule has 0 aliphatic rings. The van der Waals surface area contributed by atoms with E-state index >= 15 is 0 Å². The third-order valence-electron chi connectivity index (χ3n) is 3.00. The lowest BCUT2D eigenvalue weighted by molar-refractivity contribution is 0.416. The maximum Gasteiger partial charge on any atom is 0.127 e. The van der Waals surface area contributed by atoms with Gasteiger partial charge in [0.1, 0.15) is 17.6 Å². The van der Waals surface area contributed by atoms with E-state index in [-0.39, 0.29) is 6.04 Å². The van der Waals surface area contributed by atoms with E-state index in [0.29, 0.717) is 5.02 Å². The summed E-state index contributed by atoms with van der Waals surface area (Å²) < 4.78 is 7.70. The average Bonchev–Trinajstić information content (AvgIpc) is 2.95. The topological polar surface area (TPSA) is 43.0 Å². The third kappa shape index (κ3) is 3.01. The fraction of sp³-hybridized carbons (Fsp3) is 0.500. The molecule has 2 heterocycles. The fourth-order valence-electron chi connectivity index (χ4n) is 2.19. The van der Waals surface area contributed by atoms with Gasteiger partial charge in [-0.2, -0.15) is 5.10 Å². The Hall–Kier alpha value is -1.26. The van der Waals surface area contributed by atoms with Crippen LogP contribution in [0.25, 0.3) is 0 Å². The predicted octanol–water partition coefficient (Wildman–Crippen LogP) is 3.55. The molecule has 0 radical (unpaired) electrons. The molecule has 5 heteroatoms. The average molecular weight is 282 g/mol. The summed E-state index contributed by atoms with van der Waals surface area (Å²) in [6.45, 7) is 7.81. The highest BCUT2D eigenvalue weighted by Crippen LogP contribution is 2.29. The highest BCUT2D eigenvalue weighted by atomic mass is 35.5. The molecular formula is C14H20ClN3O. The van der Waals surface area contributed by atoms with Crippen molar-refractivity contribution in [3.8, 4) is 0 Å². The first-order valence-corrected chi connectivity index (χ1v) is 7.06. The van der Waals surface area contributed by atoms with Crippen LogP contribution in [0.4, 0.5) is 0 Å². The van der Waals surface area contributed by atoms with Gasteiger partial charge in [0, 0.05) is 6.54 Å². The maximum absolute atomic E-state index is 6.30. The molecule has 0 saturated carbocycles. The highest BCUT2D eigenvalue weighted by molar-refractivity contribution is 6.31. The van der Waals surface area contributed by atoms with Gasteiger partial charge < -0.3 is 9.73 Å².